The molecule has 0 spiro atoms. The van der Waals surface area contributed by atoms with E-state index in [1.54, 1.807) is 0 Å². The molecule has 1 aromatic rings. The zero-order valence-electron chi connectivity index (χ0n) is 14.4. The van der Waals surface area contributed by atoms with Crippen LogP contribution in [0.1, 0.15) is 24.8 Å². The van der Waals surface area contributed by atoms with Crippen molar-refractivity contribution in [3.63, 3.8) is 0 Å². The lowest BCUT2D eigenvalue weighted by Gasteiger charge is -2.41. The normalized spacial score (nSPS) is 25.6. The van der Waals surface area contributed by atoms with Crippen molar-refractivity contribution in [3.8, 4) is 0 Å². The Labute approximate surface area is 144 Å². The molecule has 0 saturated carbocycles. The number of morpholine rings is 1. The van der Waals surface area contributed by atoms with Crippen LogP contribution in [-0.4, -0.2) is 66.0 Å². The molecule has 2 saturated heterocycles. The number of hydrogen-bond donors (Lipinski definition) is 1. The maximum atomic E-state index is 9.82. The predicted octanol–water partition coefficient (Wildman–Crippen LogP) is 1.46. The van der Waals surface area contributed by atoms with E-state index in [1.807, 2.05) is 18.5 Å². The average molecular weight is 332 g/mol. The molecule has 6 nitrogen and oxygen atoms in total. The first-order chi connectivity index (χ1) is 11.7. The van der Waals surface area contributed by atoms with E-state index in [0.29, 0.717) is 0 Å². The summed E-state index contributed by atoms with van der Waals surface area (Å²) in [6.45, 7) is 10.1. The predicted molar refractivity (Wildman–Crippen MR) is 93.9 cm³/mol. The molecule has 3 rings (SSSR count). The molecule has 2 aliphatic rings. The minimum absolute atomic E-state index is 0.0331. The third-order valence-electron chi connectivity index (χ3n) is 5.05. The van der Waals surface area contributed by atoms with Gasteiger partial charge in [0.25, 0.3) is 0 Å². The average Bonchev–Trinajstić information content (AvgIpc) is 2.64. The SMILES string of the molecule is C=CC[C@@]1(CO)CCCN(Cc2cnc(N3CCOCC3)nc2)C1. The molecule has 0 aromatic carbocycles. The van der Waals surface area contributed by atoms with Crippen LogP contribution in [0.3, 0.4) is 0 Å². The van der Waals surface area contributed by atoms with Gasteiger partial charge in [-0.25, -0.2) is 9.97 Å². The number of ether oxygens (including phenoxy) is 1. The monoisotopic (exact) mass is 332 g/mol. The molecular weight excluding hydrogens is 304 g/mol. The van der Waals surface area contributed by atoms with Crippen molar-refractivity contribution in [3.05, 3.63) is 30.6 Å². The maximum Gasteiger partial charge on any atom is 0.225 e. The van der Waals surface area contributed by atoms with Crippen molar-refractivity contribution in [2.75, 3.05) is 50.9 Å². The van der Waals surface area contributed by atoms with Gasteiger partial charge >= 0.3 is 0 Å². The molecule has 3 heterocycles. The molecule has 2 fully saturated rings. The van der Waals surface area contributed by atoms with E-state index in [-0.39, 0.29) is 12.0 Å². The smallest absolute Gasteiger partial charge is 0.225 e. The summed E-state index contributed by atoms with van der Waals surface area (Å²) in [7, 11) is 0. The van der Waals surface area contributed by atoms with Gasteiger partial charge in [-0.1, -0.05) is 6.08 Å². The van der Waals surface area contributed by atoms with Gasteiger partial charge in [0.2, 0.25) is 5.95 Å². The Bertz CT molecular complexity index is 530. The molecule has 132 valence electrons. The van der Waals surface area contributed by atoms with Gasteiger partial charge in [-0.3, -0.25) is 4.90 Å². The lowest BCUT2D eigenvalue weighted by Crippen LogP contribution is -2.44. The van der Waals surface area contributed by atoms with Gasteiger partial charge in [0, 0.05) is 49.6 Å². The molecule has 0 bridgehead atoms. The van der Waals surface area contributed by atoms with Crippen LogP contribution in [0.25, 0.3) is 0 Å². The van der Waals surface area contributed by atoms with Crippen molar-refractivity contribution >= 4 is 5.95 Å². The Morgan fingerprint density at radius 1 is 1.25 bits per heavy atom. The molecule has 0 amide bonds. The lowest BCUT2D eigenvalue weighted by atomic mass is 9.78. The highest BCUT2D eigenvalue weighted by Crippen LogP contribution is 2.33. The fourth-order valence-electron chi connectivity index (χ4n) is 3.73. The zero-order valence-corrected chi connectivity index (χ0v) is 14.4. The summed E-state index contributed by atoms with van der Waals surface area (Å²) < 4.78 is 5.36. The second kappa shape index (κ2) is 8.05. The Morgan fingerprint density at radius 3 is 2.67 bits per heavy atom. The van der Waals surface area contributed by atoms with Crippen molar-refractivity contribution < 1.29 is 9.84 Å². The minimum Gasteiger partial charge on any atom is -0.396 e. The first-order valence-corrected chi connectivity index (χ1v) is 8.82. The Morgan fingerprint density at radius 2 is 2.00 bits per heavy atom. The maximum absolute atomic E-state index is 9.82. The van der Waals surface area contributed by atoms with Crippen LogP contribution < -0.4 is 4.90 Å². The number of anilines is 1. The van der Waals surface area contributed by atoms with E-state index in [4.69, 9.17) is 4.74 Å². The van der Waals surface area contributed by atoms with Gasteiger partial charge in [0.15, 0.2) is 0 Å². The van der Waals surface area contributed by atoms with Gasteiger partial charge in [0.05, 0.1) is 19.8 Å². The van der Waals surface area contributed by atoms with Gasteiger partial charge in [0.1, 0.15) is 0 Å². The highest BCUT2D eigenvalue weighted by molar-refractivity contribution is 5.30. The number of aliphatic hydroxyl groups is 1. The number of aromatic nitrogens is 2. The molecule has 2 aliphatic heterocycles. The second-order valence-corrected chi connectivity index (χ2v) is 6.96. The van der Waals surface area contributed by atoms with E-state index in [9.17, 15) is 5.11 Å². The van der Waals surface area contributed by atoms with E-state index in [2.05, 4.69) is 26.3 Å². The molecule has 1 N–H and O–H groups in total. The fraction of sp³-hybridized carbons (Fsp3) is 0.667. The molecule has 0 unspecified atom stereocenters. The highest BCUT2D eigenvalue weighted by atomic mass is 16.5. The summed E-state index contributed by atoms with van der Waals surface area (Å²) >= 11 is 0. The zero-order chi connectivity index (χ0) is 16.8. The summed E-state index contributed by atoms with van der Waals surface area (Å²) in [5.41, 5.74) is 1.09. The number of nitrogens with zero attached hydrogens (tertiary/aromatic N) is 4. The molecule has 24 heavy (non-hydrogen) atoms. The number of allylic oxidation sites excluding steroid dienone is 1. The summed E-state index contributed by atoms with van der Waals surface area (Å²) in [4.78, 5) is 13.6. The van der Waals surface area contributed by atoms with Gasteiger partial charge < -0.3 is 14.7 Å². The molecule has 1 atom stereocenters. The van der Waals surface area contributed by atoms with Crippen LogP contribution in [0.15, 0.2) is 25.0 Å². The first kappa shape index (κ1) is 17.3. The summed E-state index contributed by atoms with van der Waals surface area (Å²) in [6, 6.07) is 0. The number of aliphatic hydroxyl groups excluding tert-OH is 1. The van der Waals surface area contributed by atoms with Crippen LogP contribution in [0, 0.1) is 5.41 Å². The topological polar surface area (TPSA) is 61.7 Å². The van der Waals surface area contributed by atoms with Crippen molar-refractivity contribution in [1.82, 2.24) is 14.9 Å². The van der Waals surface area contributed by atoms with E-state index in [1.165, 1.54) is 0 Å². The number of piperidine rings is 1. The third-order valence-corrected chi connectivity index (χ3v) is 5.05. The molecular formula is C18H28N4O2. The number of rotatable bonds is 6. The van der Waals surface area contributed by atoms with Crippen LogP contribution in [0.5, 0.6) is 0 Å². The largest absolute Gasteiger partial charge is 0.396 e. The molecule has 0 radical (unpaired) electrons. The van der Waals surface area contributed by atoms with Crippen molar-refractivity contribution in [2.45, 2.75) is 25.8 Å². The minimum atomic E-state index is -0.0331. The summed E-state index contributed by atoms with van der Waals surface area (Å²) in [5.74, 6) is 0.789. The standard InChI is InChI=1S/C18H28N4O2/c1-2-4-18(15-23)5-3-6-21(14-18)13-16-11-19-17(20-12-16)22-7-9-24-10-8-22/h2,11-12,23H,1,3-10,13-15H2/t18-/m1/s1. The van der Waals surface area contributed by atoms with Crippen molar-refractivity contribution in [1.29, 1.82) is 0 Å². The van der Waals surface area contributed by atoms with E-state index in [0.717, 1.165) is 76.7 Å². The van der Waals surface area contributed by atoms with E-state index >= 15 is 0 Å². The van der Waals surface area contributed by atoms with Crippen LogP contribution in [-0.2, 0) is 11.3 Å². The molecule has 0 aliphatic carbocycles. The Balaban J connectivity index is 1.60. The van der Waals surface area contributed by atoms with Gasteiger partial charge in [-0.15, -0.1) is 6.58 Å². The summed E-state index contributed by atoms with van der Waals surface area (Å²) in [6.07, 6.45) is 8.84. The molecule has 6 heteroatoms. The third kappa shape index (κ3) is 4.12. The Kier molecular flexibility index (Phi) is 5.81. The van der Waals surface area contributed by atoms with Gasteiger partial charge in [-0.05, 0) is 25.8 Å². The second-order valence-electron chi connectivity index (χ2n) is 6.96. The summed E-state index contributed by atoms with van der Waals surface area (Å²) in [5, 5.41) is 9.82. The number of likely N-dealkylation sites (tertiary alicyclic amines) is 1. The van der Waals surface area contributed by atoms with Crippen molar-refractivity contribution in [2.24, 2.45) is 5.41 Å². The van der Waals surface area contributed by atoms with Crippen LogP contribution in [0.4, 0.5) is 5.95 Å². The Hall–Kier alpha value is -1.50. The quantitative estimate of drug-likeness (QED) is 0.796. The van der Waals surface area contributed by atoms with Crippen LogP contribution >= 0.6 is 0 Å². The van der Waals surface area contributed by atoms with E-state index < -0.39 is 0 Å². The fourth-order valence-corrected chi connectivity index (χ4v) is 3.73. The molecule has 1 aromatic heterocycles. The first-order valence-electron chi connectivity index (χ1n) is 8.82. The van der Waals surface area contributed by atoms with Crippen LogP contribution in [0.2, 0.25) is 0 Å². The number of hydrogen-bond acceptors (Lipinski definition) is 6. The lowest BCUT2D eigenvalue weighted by molar-refractivity contribution is 0.0308. The van der Waals surface area contributed by atoms with Gasteiger partial charge in [-0.2, -0.15) is 0 Å². The highest BCUT2D eigenvalue weighted by Gasteiger charge is 2.33.